The van der Waals surface area contributed by atoms with E-state index in [0.29, 0.717) is 5.59 Å². The minimum absolute atomic E-state index is 0.368. The van der Waals surface area contributed by atoms with Gasteiger partial charge >= 0.3 is 7.12 Å². The van der Waals surface area contributed by atoms with Crippen molar-refractivity contribution in [3.05, 3.63) is 11.8 Å². The van der Waals surface area contributed by atoms with Crippen LogP contribution in [0.1, 0.15) is 18.5 Å². The van der Waals surface area contributed by atoms with Crippen molar-refractivity contribution in [1.29, 1.82) is 0 Å². The summed E-state index contributed by atoms with van der Waals surface area (Å²) in [4.78, 5) is 0. The maximum atomic E-state index is 8.85. The molecule has 0 radical (unpaired) electrons. The number of hydrogen-bond donors (Lipinski definition) is 2. The highest BCUT2D eigenvalue weighted by Crippen LogP contribution is 2.11. The van der Waals surface area contributed by atoms with Crippen molar-refractivity contribution in [3.8, 4) is 0 Å². The normalized spacial score (nSPS) is 15.8. The number of fused-ring (bicyclic) bond motifs is 1. The van der Waals surface area contributed by atoms with Crippen molar-refractivity contribution in [2.45, 2.75) is 25.8 Å². The smallest absolute Gasteiger partial charge is 0.422 e. The molecule has 1 aromatic heterocycles. The number of rotatable bonds is 1. The van der Waals surface area contributed by atoms with Crippen LogP contribution in [-0.4, -0.2) is 26.9 Å². The van der Waals surface area contributed by atoms with Crippen molar-refractivity contribution in [2.24, 2.45) is 0 Å². The van der Waals surface area contributed by atoms with E-state index in [4.69, 9.17) is 10.0 Å². The SMILES string of the molecule is OB(O)c1cc2n(n1)CCCC2. The van der Waals surface area contributed by atoms with Gasteiger partial charge < -0.3 is 10.0 Å². The fourth-order valence-corrected chi connectivity index (χ4v) is 1.57. The second kappa shape index (κ2) is 2.92. The summed E-state index contributed by atoms with van der Waals surface area (Å²) in [5.41, 5.74) is 1.48. The minimum atomic E-state index is -1.43. The van der Waals surface area contributed by atoms with Gasteiger partial charge in [-0.25, -0.2) is 0 Å². The third-order valence-corrected chi connectivity index (χ3v) is 2.20. The molecule has 64 valence electrons. The fraction of sp³-hybridized carbons (Fsp3) is 0.571. The van der Waals surface area contributed by atoms with Gasteiger partial charge in [-0.15, -0.1) is 0 Å². The Kier molecular flexibility index (Phi) is 1.90. The first kappa shape index (κ1) is 7.82. The number of aromatic nitrogens is 2. The summed E-state index contributed by atoms with van der Waals surface area (Å²) in [6, 6.07) is 1.77. The molecular formula is C7H11BN2O2. The Labute approximate surface area is 71.0 Å². The molecule has 4 nitrogen and oxygen atoms in total. The summed E-state index contributed by atoms with van der Waals surface area (Å²) < 4.78 is 1.86. The van der Waals surface area contributed by atoms with E-state index >= 15 is 0 Å². The zero-order chi connectivity index (χ0) is 8.55. The minimum Gasteiger partial charge on any atom is -0.422 e. The highest BCUT2D eigenvalue weighted by Gasteiger charge is 2.19. The molecule has 0 aromatic carbocycles. The molecule has 0 saturated heterocycles. The van der Waals surface area contributed by atoms with Gasteiger partial charge in [-0.05, 0) is 25.3 Å². The van der Waals surface area contributed by atoms with Gasteiger partial charge in [-0.3, -0.25) is 4.68 Å². The third-order valence-electron chi connectivity index (χ3n) is 2.20. The van der Waals surface area contributed by atoms with Crippen LogP contribution in [0.25, 0.3) is 0 Å². The first-order valence-electron chi connectivity index (χ1n) is 4.20. The van der Waals surface area contributed by atoms with Crippen molar-refractivity contribution in [2.75, 3.05) is 0 Å². The summed E-state index contributed by atoms with van der Waals surface area (Å²) in [5.74, 6) is 0. The summed E-state index contributed by atoms with van der Waals surface area (Å²) >= 11 is 0. The highest BCUT2D eigenvalue weighted by atomic mass is 16.4. The Morgan fingerprint density at radius 1 is 1.42 bits per heavy atom. The molecule has 1 aromatic rings. The molecule has 2 heterocycles. The molecule has 2 rings (SSSR count). The van der Waals surface area contributed by atoms with Crippen LogP contribution in [0.4, 0.5) is 0 Å². The van der Waals surface area contributed by atoms with E-state index in [1.807, 2.05) is 4.68 Å². The Hall–Kier alpha value is -0.805. The van der Waals surface area contributed by atoms with Crippen LogP contribution in [0.3, 0.4) is 0 Å². The topological polar surface area (TPSA) is 58.3 Å². The maximum Gasteiger partial charge on any atom is 0.510 e. The van der Waals surface area contributed by atoms with E-state index in [-0.39, 0.29) is 0 Å². The molecule has 0 saturated carbocycles. The first-order valence-corrected chi connectivity index (χ1v) is 4.20. The average molecular weight is 166 g/mol. The molecule has 0 aliphatic carbocycles. The summed E-state index contributed by atoms with van der Waals surface area (Å²) in [6.45, 7) is 0.905. The molecule has 0 atom stereocenters. The standard InChI is InChI=1S/C7H11BN2O2/c11-8(12)7-5-6-3-1-2-4-10(6)9-7/h5,11-12H,1-4H2. The number of nitrogens with zero attached hydrogens (tertiary/aromatic N) is 2. The summed E-state index contributed by atoms with van der Waals surface area (Å²) in [6.07, 6.45) is 3.31. The zero-order valence-corrected chi connectivity index (χ0v) is 6.77. The molecule has 0 amide bonds. The third kappa shape index (κ3) is 1.25. The van der Waals surface area contributed by atoms with Gasteiger partial charge in [0.2, 0.25) is 0 Å². The monoisotopic (exact) mass is 166 g/mol. The van der Waals surface area contributed by atoms with E-state index in [2.05, 4.69) is 5.10 Å². The van der Waals surface area contributed by atoms with Crippen LogP contribution in [0, 0.1) is 0 Å². The highest BCUT2D eigenvalue weighted by molar-refractivity contribution is 6.57. The Balaban J connectivity index is 2.32. The second-order valence-electron chi connectivity index (χ2n) is 3.11. The lowest BCUT2D eigenvalue weighted by atomic mass is 9.86. The molecule has 2 N–H and O–H groups in total. The molecule has 0 fully saturated rings. The molecule has 1 aliphatic heterocycles. The van der Waals surface area contributed by atoms with Crippen molar-refractivity contribution < 1.29 is 10.0 Å². The Morgan fingerprint density at radius 2 is 2.25 bits per heavy atom. The van der Waals surface area contributed by atoms with Gasteiger partial charge in [-0.2, -0.15) is 5.10 Å². The quantitative estimate of drug-likeness (QED) is 0.520. The predicted octanol–water partition coefficient (Wildman–Crippen LogP) is -1.10. The molecule has 12 heavy (non-hydrogen) atoms. The van der Waals surface area contributed by atoms with Crippen molar-refractivity contribution in [1.82, 2.24) is 9.78 Å². The van der Waals surface area contributed by atoms with Gasteiger partial charge in [0.25, 0.3) is 0 Å². The second-order valence-corrected chi connectivity index (χ2v) is 3.11. The van der Waals surface area contributed by atoms with Gasteiger partial charge in [0.1, 0.15) is 0 Å². The maximum absolute atomic E-state index is 8.85. The zero-order valence-electron chi connectivity index (χ0n) is 6.77. The molecule has 0 spiro atoms. The molecular weight excluding hydrogens is 155 g/mol. The van der Waals surface area contributed by atoms with E-state index < -0.39 is 7.12 Å². The van der Waals surface area contributed by atoms with Crippen LogP contribution in [0.15, 0.2) is 6.07 Å². The lowest BCUT2D eigenvalue weighted by molar-refractivity contribution is 0.422. The van der Waals surface area contributed by atoms with E-state index in [1.54, 1.807) is 6.07 Å². The van der Waals surface area contributed by atoms with Crippen LogP contribution in [0.2, 0.25) is 0 Å². The van der Waals surface area contributed by atoms with E-state index in [0.717, 1.165) is 25.1 Å². The number of aryl methyl sites for hydroxylation is 2. The number of hydrogen-bond acceptors (Lipinski definition) is 3. The Bertz CT molecular complexity index is 261. The van der Waals surface area contributed by atoms with Gasteiger partial charge in [0, 0.05) is 12.2 Å². The molecule has 0 unspecified atom stereocenters. The molecule has 0 bridgehead atoms. The summed E-state index contributed by atoms with van der Waals surface area (Å²) in [5, 5.41) is 21.8. The van der Waals surface area contributed by atoms with Crippen LogP contribution >= 0.6 is 0 Å². The molecule has 5 heteroatoms. The first-order chi connectivity index (χ1) is 5.77. The predicted molar refractivity (Wildman–Crippen MR) is 45.0 cm³/mol. The average Bonchev–Trinajstić information content (AvgIpc) is 2.46. The lowest BCUT2D eigenvalue weighted by Gasteiger charge is -2.11. The van der Waals surface area contributed by atoms with Crippen LogP contribution in [-0.2, 0) is 13.0 Å². The van der Waals surface area contributed by atoms with E-state index in [9.17, 15) is 0 Å². The largest absolute Gasteiger partial charge is 0.510 e. The van der Waals surface area contributed by atoms with Gasteiger partial charge in [-0.1, -0.05) is 0 Å². The van der Waals surface area contributed by atoms with E-state index in [1.165, 1.54) is 6.42 Å². The fourth-order valence-electron chi connectivity index (χ4n) is 1.57. The van der Waals surface area contributed by atoms with Crippen LogP contribution in [0.5, 0.6) is 0 Å². The Morgan fingerprint density at radius 3 is 2.92 bits per heavy atom. The van der Waals surface area contributed by atoms with Crippen molar-refractivity contribution >= 4 is 12.7 Å². The van der Waals surface area contributed by atoms with Crippen molar-refractivity contribution in [3.63, 3.8) is 0 Å². The lowest BCUT2D eigenvalue weighted by Crippen LogP contribution is -2.31. The van der Waals surface area contributed by atoms with Crippen LogP contribution < -0.4 is 5.59 Å². The molecule has 1 aliphatic rings. The summed E-state index contributed by atoms with van der Waals surface area (Å²) in [7, 11) is -1.43. The van der Waals surface area contributed by atoms with Gasteiger partial charge in [0.15, 0.2) is 0 Å². The van der Waals surface area contributed by atoms with Gasteiger partial charge in [0.05, 0.1) is 5.59 Å².